The predicted octanol–water partition coefficient (Wildman–Crippen LogP) is 2.21. The molecule has 1 aromatic rings. The van der Waals surface area contributed by atoms with Crippen LogP contribution in [-0.4, -0.2) is 29.0 Å². The Balaban J connectivity index is 1.89. The molecule has 3 atom stereocenters. The van der Waals surface area contributed by atoms with Gasteiger partial charge in [0.2, 0.25) is 5.82 Å². The van der Waals surface area contributed by atoms with Gasteiger partial charge in [0.25, 0.3) is 0 Å². The minimum Gasteiger partial charge on any atom is -0.350 e. The van der Waals surface area contributed by atoms with Crippen molar-refractivity contribution < 1.29 is 4.92 Å². The van der Waals surface area contributed by atoms with Gasteiger partial charge in [-0.2, -0.15) is 0 Å². The SMILES string of the molecule is NC1CCCC2CN(c3ncc(Cl)cc3[N+](=O)[O-])CC12. The first kappa shape index (κ1) is 13.6. The van der Waals surface area contributed by atoms with Crippen LogP contribution in [0.15, 0.2) is 12.3 Å². The molecule has 20 heavy (non-hydrogen) atoms. The zero-order valence-corrected chi connectivity index (χ0v) is 11.8. The molecule has 2 heterocycles. The fourth-order valence-corrected chi connectivity index (χ4v) is 3.64. The first-order valence-electron chi connectivity index (χ1n) is 6.86. The fraction of sp³-hybridized carbons (Fsp3) is 0.615. The molecule has 0 radical (unpaired) electrons. The molecular weight excluding hydrogens is 280 g/mol. The summed E-state index contributed by atoms with van der Waals surface area (Å²) in [4.78, 5) is 16.9. The van der Waals surface area contributed by atoms with Gasteiger partial charge >= 0.3 is 5.69 Å². The Hall–Kier alpha value is -1.40. The molecule has 1 saturated carbocycles. The third kappa shape index (κ3) is 2.33. The van der Waals surface area contributed by atoms with Gasteiger partial charge in [-0.25, -0.2) is 4.98 Å². The lowest BCUT2D eigenvalue weighted by Gasteiger charge is -2.29. The number of halogens is 1. The van der Waals surface area contributed by atoms with Gasteiger partial charge in [-0.05, 0) is 24.7 Å². The molecule has 3 unspecified atom stereocenters. The van der Waals surface area contributed by atoms with E-state index in [1.54, 1.807) is 0 Å². The molecule has 1 saturated heterocycles. The van der Waals surface area contributed by atoms with E-state index in [1.807, 2.05) is 4.90 Å². The van der Waals surface area contributed by atoms with Crippen molar-refractivity contribution in [3.05, 3.63) is 27.4 Å². The number of hydrogen-bond donors (Lipinski definition) is 1. The predicted molar refractivity (Wildman–Crippen MR) is 76.9 cm³/mol. The van der Waals surface area contributed by atoms with E-state index in [-0.39, 0.29) is 16.8 Å². The lowest BCUT2D eigenvalue weighted by atomic mass is 9.78. The Kier molecular flexibility index (Phi) is 3.52. The summed E-state index contributed by atoms with van der Waals surface area (Å²) in [6, 6.07) is 1.57. The summed E-state index contributed by atoms with van der Waals surface area (Å²) in [7, 11) is 0. The molecule has 2 fully saturated rings. The number of hydrogen-bond acceptors (Lipinski definition) is 5. The first-order valence-corrected chi connectivity index (χ1v) is 7.24. The Morgan fingerprint density at radius 1 is 1.45 bits per heavy atom. The van der Waals surface area contributed by atoms with Crippen molar-refractivity contribution in [1.82, 2.24) is 4.98 Å². The molecule has 0 aromatic carbocycles. The van der Waals surface area contributed by atoms with Crippen LogP contribution in [0.2, 0.25) is 5.02 Å². The number of fused-ring (bicyclic) bond motifs is 1. The maximum absolute atomic E-state index is 11.2. The molecular formula is C13H17ClN4O2. The van der Waals surface area contributed by atoms with Crippen molar-refractivity contribution in [3.63, 3.8) is 0 Å². The molecule has 6 nitrogen and oxygen atoms in total. The second kappa shape index (κ2) is 5.18. The number of nitro groups is 1. The van der Waals surface area contributed by atoms with Gasteiger partial charge in [-0.3, -0.25) is 10.1 Å². The van der Waals surface area contributed by atoms with Crippen LogP contribution in [0.5, 0.6) is 0 Å². The number of aromatic nitrogens is 1. The summed E-state index contributed by atoms with van der Waals surface area (Å²) in [5, 5.41) is 11.5. The largest absolute Gasteiger partial charge is 0.350 e. The maximum Gasteiger partial charge on any atom is 0.313 e. The second-order valence-electron chi connectivity index (χ2n) is 5.68. The molecule has 0 amide bonds. The molecule has 3 rings (SSSR count). The lowest BCUT2D eigenvalue weighted by Crippen LogP contribution is -2.38. The second-order valence-corrected chi connectivity index (χ2v) is 6.11. The minimum atomic E-state index is -0.421. The van der Waals surface area contributed by atoms with Crippen LogP contribution in [0.3, 0.4) is 0 Å². The van der Waals surface area contributed by atoms with Crippen LogP contribution in [-0.2, 0) is 0 Å². The standard InChI is InChI=1S/C13H17ClN4O2/c14-9-4-12(18(19)20)13(16-5-9)17-6-8-2-1-3-11(15)10(8)7-17/h4-5,8,10-11H,1-3,6-7,15H2. The van der Waals surface area contributed by atoms with Crippen LogP contribution in [0.1, 0.15) is 19.3 Å². The van der Waals surface area contributed by atoms with E-state index >= 15 is 0 Å². The van der Waals surface area contributed by atoms with Crippen molar-refractivity contribution in [2.45, 2.75) is 25.3 Å². The first-order chi connectivity index (χ1) is 9.56. The lowest BCUT2D eigenvalue weighted by molar-refractivity contribution is -0.384. The smallest absolute Gasteiger partial charge is 0.313 e. The Morgan fingerprint density at radius 3 is 2.95 bits per heavy atom. The van der Waals surface area contributed by atoms with Crippen LogP contribution >= 0.6 is 11.6 Å². The normalized spacial score (nSPS) is 29.3. The molecule has 7 heteroatoms. The van der Waals surface area contributed by atoms with Crippen molar-refractivity contribution in [1.29, 1.82) is 0 Å². The van der Waals surface area contributed by atoms with Crippen LogP contribution in [0.4, 0.5) is 11.5 Å². The van der Waals surface area contributed by atoms with Gasteiger partial charge in [0.1, 0.15) is 0 Å². The van der Waals surface area contributed by atoms with E-state index in [0.717, 1.165) is 32.4 Å². The van der Waals surface area contributed by atoms with E-state index in [0.29, 0.717) is 17.7 Å². The Morgan fingerprint density at radius 2 is 2.25 bits per heavy atom. The highest BCUT2D eigenvalue weighted by atomic mass is 35.5. The van der Waals surface area contributed by atoms with Crippen LogP contribution in [0.25, 0.3) is 0 Å². The molecule has 2 aliphatic rings. The highest BCUT2D eigenvalue weighted by molar-refractivity contribution is 6.30. The minimum absolute atomic E-state index is 0.0234. The zero-order chi connectivity index (χ0) is 14.3. The maximum atomic E-state index is 11.2. The van der Waals surface area contributed by atoms with E-state index in [4.69, 9.17) is 17.3 Å². The average Bonchev–Trinajstić information content (AvgIpc) is 2.84. The van der Waals surface area contributed by atoms with Crippen LogP contribution < -0.4 is 10.6 Å². The molecule has 108 valence electrons. The third-order valence-electron chi connectivity index (χ3n) is 4.46. The van der Waals surface area contributed by atoms with Crippen molar-refractivity contribution >= 4 is 23.1 Å². The van der Waals surface area contributed by atoms with Crippen molar-refractivity contribution in [3.8, 4) is 0 Å². The van der Waals surface area contributed by atoms with E-state index in [2.05, 4.69) is 4.98 Å². The van der Waals surface area contributed by atoms with Crippen LogP contribution in [0, 0.1) is 22.0 Å². The zero-order valence-electron chi connectivity index (χ0n) is 11.0. The van der Waals surface area contributed by atoms with Gasteiger partial charge in [-0.1, -0.05) is 18.0 Å². The van der Waals surface area contributed by atoms with Gasteiger partial charge in [0, 0.05) is 31.4 Å². The molecule has 2 N–H and O–H groups in total. The quantitative estimate of drug-likeness (QED) is 0.668. The van der Waals surface area contributed by atoms with E-state index in [9.17, 15) is 10.1 Å². The summed E-state index contributed by atoms with van der Waals surface area (Å²) in [5.74, 6) is 1.36. The number of nitrogens with zero attached hydrogens (tertiary/aromatic N) is 3. The fourth-order valence-electron chi connectivity index (χ4n) is 3.49. The van der Waals surface area contributed by atoms with Gasteiger partial charge in [0.05, 0.1) is 9.95 Å². The Bertz CT molecular complexity index is 539. The highest BCUT2D eigenvalue weighted by Crippen LogP contribution is 2.39. The van der Waals surface area contributed by atoms with E-state index in [1.165, 1.54) is 12.3 Å². The number of nitrogens with two attached hydrogens (primary N) is 1. The van der Waals surface area contributed by atoms with Crippen molar-refractivity contribution in [2.75, 3.05) is 18.0 Å². The molecule has 1 aromatic heterocycles. The summed E-state index contributed by atoms with van der Waals surface area (Å²) < 4.78 is 0. The number of pyridine rings is 1. The summed E-state index contributed by atoms with van der Waals surface area (Å²) in [6.45, 7) is 1.55. The number of anilines is 1. The van der Waals surface area contributed by atoms with E-state index < -0.39 is 4.92 Å². The number of rotatable bonds is 2. The monoisotopic (exact) mass is 296 g/mol. The van der Waals surface area contributed by atoms with Gasteiger partial charge < -0.3 is 10.6 Å². The van der Waals surface area contributed by atoms with Gasteiger partial charge in [0.15, 0.2) is 0 Å². The Labute approximate surface area is 122 Å². The summed E-state index contributed by atoms with van der Waals surface area (Å²) >= 11 is 5.81. The van der Waals surface area contributed by atoms with Crippen molar-refractivity contribution in [2.24, 2.45) is 17.6 Å². The molecule has 0 spiro atoms. The highest BCUT2D eigenvalue weighted by Gasteiger charge is 2.40. The van der Waals surface area contributed by atoms with Gasteiger partial charge in [-0.15, -0.1) is 0 Å². The molecule has 0 bridgehead atoms. The third-order valence-corrected chi connectivity index (χ3v) is 4.67. The average molecular weight is 297 g/mol. The molecule has 1 aliphatic heterocycles. The summed E-state index contributed by atoms with van der Waals surface area (Å²) in [6.07, 6.45) is 4.81. The summed E-state index contributed by atoms with van der Waals surface area (Å²) in [5.41, 5.74) is 6.16. The molecule has 1 aliphatic carbocycles. The topological polar surface area (TPSA) is 85.3 Å².